The molecule has 0 radical (unpaired) electrons. The maximum absolute atomic E-state index is 12.9. The molecule has 144 valence electrons. The molecule has 0 spiro atoms. The molecule has 1 aliphatic carbocycles. The van der Waals surface area contributed by atoms with Crippen molar-refractivity contribution in [3.8, 4) is 5.75 Å². The van der Waals surface area contributed by atoms with E-state index in [2.05, 4.69) is 4.90 Å². The molecule has 27 heavy (non-hydrogen) atoms. The van der Waals surface area contributed by atoms with Crippen LogP contribution < -0.4 is 9.64 Å². The number of anilines is 1. The zero-order valence-electron chi connectivity index (χ0n) is 15.6. The van der Waals surface area contributed by atoms with Crippen molar-refractivity contribution >= 4 is 23.5 Å². The molecule has 1 aromatic carbocycles. The molecule has 1 saturated carbocycles. The van der Waals surface area contributed by atoms with E-state index in [0.29, 0.717) is 23.4 Å². The maximum Gasteiger partial charge on any atom is 0.340 e. The molecule has 2 aliphatic heterocycles. The topological polar surface area (TPSA) is 70.2 Å². The summed E-state index contributed by atoms with van der Waals surface area (Å²) in [7, 11) is 1.55. The average Bonchev–Trinajstić information content (AvgIpc) is 2.91. The van der Waals surface area contributed by atoms with E-state index in [1.165, 1.54) is 25.7 Å². The molecule has 7 nitrogen and oxygen atoms in total. The first-order valence-electron chi connectivity index (χ1n) is 9.68. The van der Waals surface area contributed by atoms with Crippen molar-refractivity contribution in [2.75, 3.05) is 25.2 Å². The average molecular weight is 371 g/mol. The highest BCUT2D eigenvalue weighted by molar-refractivity contribution is 6.52. The van der Waals surface area contributed by atoms with E-state index >= 15 is 0 Å². The second-order valence-electron chi connectivity index (χ2n) is 7.56. The highest BCUT2D eigenvalue weighted by Crippen LogP contribution is 2.35. The number of carbonyl (C=O) groups is 3. The third-order valence-corrected chi connectivity index (χ3v) is 6.07. The van der Waals surface area contributed by atoms with E-state index < -0.39 is 17.8 Å². The van der Waals surface area contributed by atoms with E-state index in [1.54, 1.807) is 31.4 Å². The zero-order chi connectivity index (χ0) is 19.0. The van der Waals surface area contributed by atoms with Crippen LogP contribution in [0.3, 0.4) is 0 Å². The lowest BCUT2D eigenvalue weighted by Gasteiger charge is -2.44. The number of rotatable bonds is 4. The summed E-state index contributed by atoms with van der Waals surface area (Å²) in [6.07, 6.45) is 7.08. The van der Waals surface area contributed by atoms with E-state index in [4.69, 9.17) is 4.74 Å². The molecular formula is C20H25N3O4. The van der Waals surface area contributed by atoms with Crippen LogP contribution in [0.2, 0.25) is 0 Å². The molecule has 2 saturated heterocycles. The number of likely N-dealkylation sites (tertiary alicyclic amines) is 1. The van der Waals surface area contributed by atoms with Crippen molar-refractivity contribution in [2.45, 2.75) is 44.6 Å². The number of hydrogen-bond donors (Lipinski definition) is 0. The number of hydrogen-bond acceptors (Lipinski definition) is 5. The first-order valence-corrected chi connectivity index (χ1v) is 9.68. The van der Waals surface area contributed by atoms with E-state index in [-0.39, 0.29) is 6.67 Å². The largest absolute Gasteiger partial charge is 0.497 e. The Bertz CT molecular complexity index is 746. The molecule has 4 rings (SSSR count). The minimum absolute atomic E-state index is 0.206. The molecule has 3 aliphatic rings. The quantitative estimate of drug-likeness (QED) is 0.601. The first-order chi connectivity index (χ1) is 13.1. The molecule has 0 unspecified atom stereocenters. The van der Waals surface area contributed by atoms with Crippen LogP contribution in [0.25, 0.3) is 0 Å². The zero-order valence-corrected chi connectivity index (χ0v) is 15.6. The normalized spacial score (nSPS) is 26.5. The second kappa shape index (κ2) is 7.31. The number of methoxy groups -OCH3 is 1. The van der Waals surface area contributed by atoms with Crippen molar-refractivity contribution in [1.82, 2.24) is 9.80 Å². The number of ether oxygens (including phenoxy) is 1. The Kier molecular flexibility index (Phi) is 4.86. The van der Waals surface area contributed by atoms with Crippen molar-refractivity contribution in [3.05, 3.63) is 24.3 Å². The standard InChI is InChI=1S/C20H25N3O4/c1-27-16-10-8-15(9-11-16)23-19(25)18(24)22(20(23)26)13-21-12-4-6-14-5-2-3-7-17(14)21/h8-11,14,17H,2-7,12-13H2,1H3/t14-,17+/m1/s1. The Labute approximate surface area is 158 Å². The Balaban J connectivity index is 1.52. The highest BCUT2D eigenvalue weighted by Gasteiger charge is 2.47. The Hall–Kier alpha value is -2.41. The number of piperidine rings is 1. The van der Waals surface area contributed by atoms with Crippen LogP contribution in [0.15, 0.2) is 24.3 Å². The van der Waals surface area contributed by atoms with Crippen LogP contribution in [0, 0.1) is 5.92 Å². The maximum atomic E-state index is 12.9. The van der Waals surface area contributed by atoms with Gasteiger partial charge in [0, 0.05) is 12.6 Å². The van der Waals surface area contributed by atoms with E-state index in [9.17, 15) is 14.4 Å². The lowest BCUT2D eigenvalue weighted by atomic mass is 9.78. The van der Waals surface area contributed by atoms with Gasteiger partial charge in [-0.3, -0.25) is 14.5 Å². The SMILES string of the molecule is COc1ccc(N2C(=O)C(=O)N(CN3CCC[C@H]4CCCC[C@@H]43)C2=O)cc1. The number of nitrogens with zero attached hydrogens (tertiary/aromatic N) is 3. The molecule has 4 amide bonds. The van der Waals surface area contributed by atoms with Gasteiger partial charge in [-0.15, -0.1) is 0 Å². The number of carbonyl (C=O) groups excluding carboxylic acids is 3. The van der Waals surface area contributed by atoms with Crippen molar-refractivity contribution in [1.29, 1.82) is 0 Å². The summed E-state index contributed by atoms with van der Waals surface area (Å²) in [5.74, 6) is -0.262. The fourth-order valence-corrected chi connectivity index (χ4v) is 4.67. The smallest absolute Gasteiger partial charge is 0.340 e. The monoisotopic (exact) mass is 371 g/mol. The molecule has 0 N–H and O–H groups in total. The number of urea groups is 1. The Morgan fingerprint density at radius 2 is 1.67 bits per heavy atom. The van der Waals surface area contributed by atoms with Crippen molar-refractivity contribution in [3.63, 3.8) is 0 Å². The van der Waals surface area contributed by atoms with Gasteiger partial charge in [0.2, 0.25) is 0 Å². The van der Waals surface area contributed by atoms with Gasteiger partial charge in [0.05, 0.1) is 19.5 Å². The summed E-state index contributed by atoms with van der Waals surface area (Å²) in [5.41, 5.74) is 0.385. The van der Waals surface area contributed by atoms with Crippen molar-refractivity contribution < 1.29 is 19.1 Å². The predicted molar refractivity (Wildman–Crippen MR) is 99.3 cm³/mol. The van der Waals surface area contributed by atoms with Crippen LogP contribution in [0.4, 0.5) is 10.5 Å². The molecule has 2 heterocycles. The van der Waals surface area contributed by atoms with E-state index in [0.717, 1.165) is 29.2 Å². The first kappa shape index (κ1) is 18.0. The molecule has 3 fully saturated rings. The highest BCUT2D eigenvalue weighted by atomic mass is 16.5. The van der Waals surface area contributed by atoms with Gasteiger partial charge in [0.15, 0.2) is 0 Å². The molecule has 0 bridgehead atoms. The van der Waals surface area contributed by atoms with Gasteiger partial charge in [-0.1, -0.05) is 12.8 Å². The second-order valence-corrected chi connectivity index (χ2v) is 7.56. The van der Waals surface area contributed by atoms with Crippen LogP contribution in [0.1, 0.15) is 38.5 Å². The van der Waals surface area contributed by atoms with Gasteiger partial charge >= 0.3 is 17.8 Å². The van der Waals surface area contributed by atoms with Crippen LogP contribution >= 0.6 is 0 Å². The molecular weight excluding hydrogens is 346 g/mol. The van der Waals surface area contributed by atoms with Gasteiger partial charge in [0.25, 0.3) is 0 Å². The minimum atomic E-state index is -0.789. The summed E-state index contributed by atoms with van der Waals surface area (Å²) in [6.45, 7) is 1.08. The minimum Gasteiger partial charge on any atom is -0.497 e. The molecule has 0 aromatic heterocycles. The summed E-state index contributed by atoms with van der Waals surface area (Å²) in [5, 5.41) is 0. The van der Waals surface area contributed by atoms with Gasteiger partial charge in [-0.05, 0) is 55.9 Å². The van der Waals surface area contributed by atoms with Gasteiger partial charge in [-0.2, -0.15) is 0 Å². The number of benzene rings is 1. The van der Waals surface area contributed by atoms with Gasteiger partial charge < -0.3 is 4.74 Å². The lowest BCUT2D eigenvalue weighted by molar-refractivity contribution is -0.140. The molecule has 1 aromatic rings. The van der Waals surface area contributed by atoms with Gasteiger partial charge in [0.1, 0.15) is 5.75 Å². The Morgan fingerprint density at radius 3 is 2.41 bits per heavy atom. The van der Waals surface area contributed by atoms with Crippen LogP contribution in [-0.2, 0) is 9.59 Å². The fourth-order valence-electron chi connectivity index (χ4n) is 4.67. The van der Waals surface area contributed by atoms with Crippen molar-refractivity contribution in [2.24, 2.45) is 5.92 Å². The summed E-state index contributed by atoms with van der Waals surface area (Å²) in [6, 6.07) is 6.42. The van der Waals surface area contributed by atoms with Crippen LogP contribution in [-0.4, -0.2) is 54.0 Å². The number of amides is 4. The number of fused-ring (bicyclic) bond motifs is 1. The van der Waals surface area contributed by atoms with Gasteiger partial charge in [-0.25, -0.2) is 14.6 Å². The molecule has 7 heteroatoms. The third kappa shape index (κ3) is 3.20. The summed E-state index contributed by atoms with van der Waals surface area (Å²) >= 11 is 0. The van der Waals surface area contributed by atoms with E-state index in [1.807, 2.05) is 0 Å². The fraction of sp³-hybridized carbons (Fsp3) is 0.550. The molecule has 2 atom stereocenters. The predicted octanol–water partition coefficient (Wildman–Crippen LogP) is 2.60. The Morgan fingerprint density at radius 1 is 0.963 bits per heavy atom. The lowest BCUT2D eigenvalue weighted by Crippen LogP contribution is -2.52. The third-order valence-electron chi connectivity index (χ3n) is 6.07. The summed E-state index contributed by atoms with van der Waals surface area (Å²) < 4.78 is 5.11. The number of imide groups is 2. The van der Waals surface area contributed by atoms with Crippen LogP contribution in [0.5, 0.6) is 5.75 Å². The summed E-state index contributed by atoms with van der Waals surface area (Å²) in [4.78, 5) is 42.1.